The largest absolute Gasteiger partial charge is 0.350 e. The summed E-state index contributed by atoms with van der Waals surface area (Å²) in [5.41, 5.74) is 4.76. The zero-order valence-electron chi connectivity index (χ0n) is 46.1. The molecule has 4 saturated heterocycles. The van der Waals surface area contributed by atoms with E-state index in [-0.39, 0.29) is 82.9 Å². The quantitative estimate of drug-likeness (QED) is 0.153. The van der Waals surface area contributed by atoms with Crippen LogP contribution in [0.4, 0.5) is 17.6 Å². The van der Waals surface area contributed by atoms with Crippen LogP contribution in [0.1, 0.15) is 164 Å². The van der Waals surface area contributed by atoms with Crippen molar-refractivity contribution in [3.63, 3.8) is 0 Å². The van der Waals surface area contributed by atoms with Gasteiger partial charge in [0.15, 0.2) is 0 Å². The van der Waals surface area contributed by atoms with Gasteiger partial charge in [0.05, 0.1) is 23.9 Å². The van der Waals surface area contributed by atoms with Gasteiger partial charge in [-0.1, -0.05) is 47.5 Å². The molecule has 4 aromatic carbocycles. The van der Waals surface area contributed by atoms with Crippen LogP contribution in [-0.2, 0) is 19.2 Å². The molecule has 0 spiro atoms. The van der Waals surface area contributed by atoms with E-state index < -0.39 is 35.1 Å². The molecule has 10 nitrogen and oxygen atoms in total. The van der Waals surface area contributed by atoms with Gasteiger partial charge in [0.2, 0.25) is 23.6 Å². The number of nitrogens with one attached hydrogen (secondary N) is 2. The van der Waals surface area contributed by atoms with Crippen LogP contribution >= 0.6 is 35.6 Å². The number of piperidine rings is 2. The van der Waals surface area contributed by atoms with E-state index in [2.05, 4.69) is 62.0 Å². The lowest BCUT2D eigenvalue weighted by atomic mass is 9.83. The molecule has 4 aromatic rings. The highest BCUT2D eigenvalue weighted by atomic mass is 35.5. The number of likely N-dealkylation sites (tertiary alicyclic amines) is 4. The number of amides is 4. The summed E-state index contributed by atoms with van der Waals surface area (Å²) in [6, 6.07) is 18.6. The molecule has 420 valence electrons. The molecule has 4 aliphatic rings. The lowest BCUT2D eigenvalue weighted by Crippen LogP contribution is -2.44. The van der Waals surface area contributed by atoms with E-state index in [9.17, 15) is 36.7 Å². The molecular weight excluding hydrogens is 1050 g/mol. The van der Waals surface area contributed by atoms with Gasteiger partial charge >= 0.3 is 0 Å². The Hall–Kier alpha value is -4.73. The third-order valence-electron chi connectivity index (χ3n) is 16.3. The first kappa shape index (κ1) is 61.5. The van der Waals surface area contributed by atoms with Crippen LogP contribution in [0.15, 0.2) is 72.8 Å². The predicted molar refractivity (Wildman–Crippen MR) is 300 cm³/mol. The molecule has 4 aliphatic heterocycles. The van der Waals surface area contributed by atoms with Gasteiger partial charge in [-0.25, -0.2) is 17.6 Å². The predicted octanol–water partition coefficient (Wildman–Crippen LogP) is 12.5. The first-order chi connectivity index (χ1) is 35.7. The van der Waals surface area contributed by atoms with Crippen molar-refractivity contribution in [3.8, 4) is 0 Å². The fourth-order valence-electron chi connectivity index (χ4n) is 12.1. The number of rotatable bonds is 10. The molecule has 0 aliphatic carbocycles. The van der Waals surface area contributed by atoms with Crippen molar-refractivity contribution in [2.75, 3.05) is 52.4 Å². The minimum atomic E-state index is -0.615. The second kappa shape index (κ2) is 25.6. The van der Waals surface area contributed by atoms with E-state index >= 15 is 0 Å². The van der Waals surface area contributed by atoms with Crippen molar-refractivity contribution in [2.45, 2.75) is 142 Å². The van der Waals surface area contributed by atoms with Crippen LogP contribution < -0.4 is 10.6 Å². The van der Waals surface area contributed by atoms with E-state index in [4.69, 9.17) is 23.2 Å². The van der Waals surface area contributed by atoms with Crippen molar-refractivity contribution in [1.29, 1.82) is 0 Å². The molecule has 4 amide bonds. The lowest BCUT2D eigenvalue weighted by molar-refractivity contribution is -0.137. The van der Waals surface area contributed by atoms with Gasteiger partial charge in [0.25, 0.3) is 0 Å². The highest BCUT2D eigenvalue weighted by molar-refractivity contribution is 6.31. The standard InChI is InChI=1S/2C30H38ClF2N3O2.ClH/c2*1-18(34-19(2)37)25-14-21(31)6-8-23(25)20-10-12-35(13-11-20)29(38)27-17-36(30(3,4)5)16-26(27)24-9-7-22(32)15-28(24)33;/h2*6-9,14-15,18,20,26-27H,10-13,16-17H2,1-5H3,(H,34,37);1H/t2*18-,26-,27?;/m00./s1. The molecule has 8 rings (SSSR count). The lowest BCUT2D eigenvalue weighted by Gasteiger charge is -2.36. The van der Waals surface area contributed by atoms with Crippen LogP contribution in [0.25, 0.3) is 0 Å². The summed E-state index contributed by atoms with van der Waals surface area (Å²) >= 11 is 12.6. The van der Waals surface area contributed by atoms with Crippen LogP contribution in [0.3, 0.4) is 0 Å². The average Bonchev–Trinajstić information content (AvgIpc) is 4.03. The second-order valence-electron chi connectivity index (χ2n) is 23.5. The van der Waals surface area contributed by atoms with E-state index in [1.807, 2.05) is 60.0 Å². The molecule has 4 fully saturated rings. The molecule has 2 unspecified atom stereocenters. The molecular formula is C60H77Cl3F4N6O4. The van der Waals surface area contributed by atoms with Crippen LogP contribution in [0, 0.1) is 35.1 Å². The maximum atomic E-state index is 14.8. The third-order valence-corrected chi connectivity index (χ3v) is 16.7. The Labute approximate surface area is 469 Å². The first-order valence-corrected chi connectivity index (χ1v) is 27.6. The summed E-state index contributed by atoms with van der Waals surface area (Å²) < 4.78 is 56.9. The Kier molecular flexibility index (Phi) is 20.4. The summed E-state index contributed by atoms with van der Waals surface area (Å²) in [6.45, 7) is 24.0. The number of carbonyl (C=O) groups is 4. The van der Waals surface area contributed by atoms with Crippen molar-refractivity contribution in [2.24, 2.45) is 11.8 Å². The molecule has 0 aromatic heterocycles. The molecule has 0 bridgehead atoms. The van der Waals surface area contributed by atoms with Crippen molar-refractivity contribution >= 4 is 59.2 Å². The van der Waals surface area contributed by atoms with Gasteiger partial charge in [-0.05, 0) is 163 Å². The Morgan fingerprint density at radius 1 is 0.519 bits per heavy atom. The Bertz CT molecular complexity index is 2570. The fraction of sp³-hybridized carbons (Fsp3) is 0.533. The number of benzene rings is 4. The number of hydrogen-bond donors (Lipinski definition) is 2. The first-order valence-electron chi connectivity index (χ1n) is 26.8. The summed E-state index contributed by atoms with van der Waals surface area (Å²) in [5.74, 6) is -3.52. The van der Waals surface area contributed by atoms with E-state index in [0.717, 1.165) is 60.1 Å². The average molecular weight is 1130 g/mol. The Morgan fingerprint density at radius 3 is 1.14 bits per heavy atom. The molecule has 4 heterocycles. The van der Waals surface area contributed by atoms with Crippen molar-refractivity contribution in [1.82, 2.24) is 30.2 Å². The van der Waals surface area contributed by atoms with Crippen LogP contribution in [0.2, 0.25) is 10.0 Å². The summed E-state index contributed by atoms with van der Waals surface area (Å²) in [5, 5.41) is 7.15. The molecule has 6 atom stereocenters. The Balaban J connectivity index is 0.000000246. The fourth-order valence-corrected chi connectivity index (χ4v) is 12.4. The van der Waals surface area contributed by atoms with Crippen molar-refractivity contribution in [3.05, 3.63) is 139 Å². The SMILES string of the molecule is CC(=O)N[C@@H](C)c1cc(Cl)ccc1C1CCN(C(=O)C2CN(C(C)(C)C)C[C@H]2c2ccc(F)cc2F)CC1.CC(=O)N[C@@H](C)c1cc(Cl)ccc1C1CCN(C(=O)C2CN(C(C)(C)C)C[C@H]2c2ccc(F)cc2F)CC1.Cl. The van der Waals surface area contributed by atoms with Gasteiger partial charge < -0.3 is 20.4 Å². The number of halogens is 7. The zero-order chi connectivity index (χ0) is 55.6. The molecule has 0 radical (unpaired) electrons. The van der Waals surface area contributed by atoms with E-state index in [1.165, 1.54) is 38.1 Å². The zero-order valence-corrected chi connectivity index (χ0v) is 48.5. The number of carbonyl (C=O) groups excluding carboxylic acids is 4. The second-order valence-corrected chi connectivity index (χ2v) is 24.4. The number of nitrogens with zero attached hydrogens (tertiary/aromatic N) is 4. The topological polar surface area (TPSA) is 105 Å². The maximum absolute atomic E-state index is 14.8. The van der Waals surface area contributed by atoms with Gasteiger partial charge in [-0.3, -0.25) is 29.0 Å². The highest BCUT2D eigenvalue weighted by Gasteiger charge is 2.46. The van der Waals surface area contributed by atoms with Gasteiger partial charge in [-0.2, -0.15) is 0 Å². The van der Waals surface area contributed by atoms with Crippen LogP contribution in [0.5, 0.6) is 0 Å². The highest BCUT2D eigenvalue weighted by Crippen LogP contribution is 2.43. The van der Waals surface area contributed by atoms with Crippen molar-refractivity contribution < 1.29 is 36.7 Å². The van der Waals surface area contributed by atoms with Gasteiger partial charge in [0.1, 0.15) is 23.3 Å². The maximum Gasteiger partial charge on any atom is 0.227 e. The summed E-state index contributed by atoms with van der Waals surface area (Å²) in [4.78, 5) is 59.3. The minimum Gasteiger partial charge on any atom is -0.350 e. The van der Waals surface area contributed by atoms with E-state index in [0.29, 0.717) is 73.5 Å². The molecule has 0 saturated carbocycles. The van der Waals surface area contributed by atoms with E-state index in [1.54, 1.807) is 0 Å². The number of hydrogen-bond acceptors (Lipinski definition) is 6. The summed E-state index contributed by atoms with van der Waals surface area (Å²) in [7, 11) is 0. The smallest absolute Gasteiger partial charge is 0.227 e. The molecule has 2 N–H and O–H groups in total. The molecule has 77 heavy (non-hydrogen) atoms. The normalized spacial score (nSPS) is 21.7. The summed E-state index contributed by atoms with van der Waals surface area (Å²) in [6.07, 6.45) is 3.16. The molecule has 17 heteroatoms. The third kappa shape index (κ3) is 14.9. The van der Waals surface area contributed by atoms with Gasteiger partial charge in [0, 0.05) is 111 Å². The minimum absolute atomic E-state index is 0. The monoisotopic (exact) mass is 1130 g/mol. The van der Waals surface area contributed by atoms with Gasteiger partial charge in [-0.15, -0.1) is 12.4 Å². The Morgan fingerprint density at radius 2 is 0.844 bits per heavy atom. The van der Waals surface area contributed by atoms with Crippen LogP contribution in [-0.4, -0.2) is 107 Å².